The predicted octanol–water partition coefficient (Wildman–Crippen LogP) is 2.53. The maximum atomic E-state index is 12.6. The Bertz CT molecular complexity index is 770. The van der Waals surface area contributed by atoms with Crippen LogP contribution in [0, 0.1) is 18.8 Å². The van der Waals surface area contributed by atoms with Crippen LogP contribution in [-0.2, 0) is 16.6 Å². The second kappa shape index (κ2) is 5.26. The molecular weight excluding hydrogens is 312 g/mol. The molecule has 0 aromatic carbocycles. The lowest BCUT2D eigenvalue weighted by Gasteiger charge is -2.19. The summed E-state index contributed by atoms with van der Waals surface area (Å²) in [4.78, 5) is 31.1. The fourth-order valence-electron chi connectivity index (χ4n) is 3.59. The van der Waals surface area contributed by atoms with Crippen LogP contribution in [0.2, 0.25) is 0 Å². The number of aromatic nitrogens is 3. The molecule has 2 fully saturated rings. The standard InChI is InChI=1S/C16H18N4O2S/c1-9-12(7-17-19(9)2)13-8-23-16(18-13)20-14(21)10-5-3-4-6-11(10)15(20)22/h7-8,10-11H,3-6H2,1-2H3. The summed E-state index contributed by atoms with van der Waals surface area (Å²) in [5, 5.41) is 6.61. The Morgan fingerprint density at radius 2 is 1.83 bits per heavy atom. The minimum Gasteiger partial charge on any atom is -0.274 e. The van der Waals surface area contributed by atoms with Crippen molar-refractivity contribution in [3.8, 4) is 11.3 Å². The molecule has 0 spiro atoms. The quantitative estimate of drug-likeness (QED) is 0.794. The van der Waals surface area contributed by atoms with Gasteiger partial charge >= 0.3 is 0 Å². The van der Waals surface area contributed by atoms with Gasteiger partial charge in [-0.1, -0.05) is 12.8 Å². The van der Waals surface area contributed by atoms with Gasteiger partial charge < -0.3 is 0 Å². The first-order chi connectivity index (χ1) is 11.1. The molecule has 23 heavy (non-hydrogen) atoms. The summed E-state index contributed by atoms with van der Waals surface area (Å²) in [6, 6.07) is 0. The Hall–Kier alpha value is -2.02. The fraction of sp³-hybridized carbons (Fsp3) is 0.500. The number of fused-ring (bicyclic) bond motifs is 1. The van der Waals surface area contributed by atoms with Crippen molar-refractivity contribution in [2.75, 3.05) is 4.90 Å². The van der Waals surface area contributed by atoms with E-state index in [9.17, 15) is 9.59 Å². The zero-order chi connectivity index (χ0) is 16.1. The Morgan fingerprint density at radius 1 is 1.17 bits per heavy atom. The van der Waals surface area contributed by atoms with E-state index in [0.29, 0.717) is 5.13 Å². The van der Waals surface area contributed by atoms with Crippen molar-refractivity contribution in [3.63, 3.8) is 0 Å². The highest BCUT2D eigenvalue weighted by molar-refractivity contribution is 7.14. The molecule has 1 saturated carbocycles. The molecule has 2 atom stereocenters. The monoisotopic (exact) mass is 330 g/mol. The van der Waals surface area contributed by atoms with E-state index in [1.54, 1.807) is 10.9 Å². The molecule has 120 valence electrons. The largest absolute Gasteiger partial charge is 0.274 e. The molecule has 2 aromatic heterocycles. The number of rotatable bonds is 2. The van der Waals surface area contributed by atoms with E-state index in [1.165, 1.54) is 16.2 Å². The first-order valence-electron chi connectivity index (χ1n) is 7.90. The summed E-state index contributed by atoms with van der Waals surface area (Å²) in [7, 11) is 1.88. The molecule has 2 amide bonds. The Labute approximate surface area is 138 Å². The molecule has 1 saturated heterocycles. The molecule has 2 aromatic rings. The zero-order valence-electron chi connectivity index (χ0n) is 13.2. The van der Waals surface area contributed by atoms with Crippen molar-refractivity contribution < 1.29 is 9.59 Å². The normalized spacial score (nSPS) is 24.3. The predicted molar refractivity (Wildman–Crippen MR) is 87.0 cm³/mol. The number of carbonyl (C=O) groups is 2. The summed E-state index contributed by atoms with van der Waals surface area (Å²) in [5.41, 5.74) is 2.71. The van der Waals surface area contributed by atoms with E-state index < -0.39 is 0 Å². The molecule has 7 heteroatoms. The maximum Gasteiger partial charge on any atom is 0.239 e. The van der Waals surface area contributed by atoms with Gasteiger partial charge in [-0.05, 0) is 19.8 Å². The number of aryl methyl sites for hydroxylation is 1. The number of thiazole rings is 1. The van der Waals surface area contributed by atoms with Crippen LogP contribution in [0.15, 0.2) is 11.6 Å². The highest BCUT2D eigenvalue weighted by Crippen LogP contribution is 2.41. The fourth-order valence-corrected chi connectivity index (χ4v) is 4.42. The summed E-state index contributed by atoms with van der Waals surface area (Å²) in [6.07, 6.45) is 5.48. The second-order valence-electron chi connectivity index (χ2n) is 6.29. The van der Waals surface area contributed by atoms with Gasteiger partial charge in [-0.25, -0.2) is 9.88 Å². The van der Waals surface area contributed by atoms with Gasteiger partial charge in [-0.2, -0.15) is 5.10 Å². The van der Waals surface area contributed by atoms with Crippen molar-refractivity contribution in [2.45, 2.75) is 32.6 Å². The highest BCUT2D eigenvalue weighted by Gasteiger charge is 2.49. The minimum absolute atomic E-state index is 0.0662. The molecular formula is C16H18N4O2S. The van der Waals surface area contributed by atoms with Gasteiger partial charge in [0.2, 0.25) is 11.8 Å². The number of hydrogen-bond acceptors (Lipinski definition) is 5. The molecule has 4 rings (SSSR count). The molecule has 0 bridgehead atoms. The van der Waals surface area contributed by atoms with Crippen molar-refractivity contribution in [3.05, 3.63) is 17.3 Å². The zero-order valence-corrected chi connectivity index (χ0v) is 14.0. The van der Waals surface area contributed by atoms with Gasteiger partial charge in [0.05, 0.1) is 23.7 Å². The summed E-state index contributed by atoms with van der Waals surface area (Å²) < 4.78 is 1.79. The van der Waals surface area contributed by atoms with Crippen molar-refractivity contribution in [1.29, 1.82) is 0 Å². The average molecular weight is 330 g/mol. The Balaban J connectivity index is 1.68. The minimum atomic E-state index is -0.135. The molecule has 6 nitrogen and oxygen atoms in total. The van der Waals surface area contributed by atoms with E-state index >= 15 is 0 Å². The van der Waals surface area contributed by atoms with Crippen molar-refractivity contribution in [2.24, 2.45) is 18.9 Å². The highest BCUT2D eigenvalue weighted by atomic mass is 32.1. The number of imide groups is 1. The summed E-state index contributed by atoms with van der Waals surface area (Å²) in [6.45, 7) is 1.97. The van der Waals surface area contributed by atoms with E-state index in [2.05, 4.69) is 10.1 Å². The van der Waals surface area contributed by atoms with Crippen molar-refractivity contribution >= 4 is 28.3 Å². The molecule has 1 aliphatic carbocycles. The lowest BCUT2D eigenvalue weighted by molar-refractivity contribution is -0.122. The van der Waals surface area contributed by atoms with E-state index in [1.807, 2.05) is 19.4 Å². The van der Waals surface area contributed by atoms with Crippen LogP contribution < -0.4 is 4.90 Å². The third-order valence-electron chi connectivity index (χ3n) is 5.04. The van der Waals surface area contributed by atoms with Gasteiger partial charge in [0, 0.05) is 23.7 Å². The summed E-state index contributed by atoms with van der Waals surface area (Å²) >= 11 is 1.35. The number of anilines is 1. The van der Waals surface area contributed by atoms with Gasteiger partial charge in [-0.15, -0.1) is 11.3 Å². The van der Waals surface area contributed by atoms with Crippen LogP contribution in [0.1, 0.15) is 31.4 Å². The number of amides is 2. The SMILES string of the molecule is Cc1c(-c2csc(N3C(=O)C4CCCCC4C3=O)n2)cnn1C. The van der Waals surface area contributed by atoms with Gasteiger partial charge in [0.15, 0.2) is 5.13 Å². The topological polar surface area (TPSA) is 68.1 Å². The van der Waals surface area contributed by atoms with Gasteiger partial charge in [0.25, 0.3) is 0 Å². The third-order valence-corrected chi connectivity index (χ3v) is 5.86. The lowest BCUT2D eigenvalue weighted by Crippen LogP contribution is -2.30. The molecule has 0 N–H and O–H groups in total. The third kappa shape index (κ3) is 2.14. The van der Waals surface area contributed by atoms with Gasteiger partial charge in [-0.3, -0.25) is 14.3 Å². The van der Waals surface area contributed by atoms with Crippen LogP contribution >= 0.6 is 11.3 Å². The van der Waals surface area contributed by atoms with Crippen LogP contribution in [0.4, 0.5) is 5.13 Å². The van der Waals surface area contributed by atoms with Crippen LogP contribution in [0.3, 0.4) is 0 Å². The molecule has 1 aliphatic heterocycles. The number of hydrogen-bond donors (Lipinski definition) is 0. The smallest absolute Gasteiger partial charge is 0.239 e. The second-order valence-corrected chi connectivity index (χ2v) is 7.13. The van der Waals surface area contributed by atoms with E-state index in [4.69, 9.17) is 0 Å². The Kier molecular flexibility index (Phi) is 3.33. The summed E-state index contributed by atoms with van der Waals surface area (Å²) in [5.74, 6) is -0.403. The number of carbonyl (C=O) groups excluding carboxylic acids is 2. The maximum absolute atomic E-state index is 12.6. The van der Waals surface area contributed by atoms with E-state index in [-0.39, 0.29) is 23.7 Å². The molecule has 0 radical (unpaired) electrons. The van der Waals surface area contributed by atoms with Crippen LogP contribution in [0.25, 0.3) is 11.3 Å². The van der Waals surface area contributed by atoms with Gasteiger partial charge in [0.1, 0.15) is 0 Å². The van der Waals surface area contributed by atoms with Crippen LogP contribution in [-0.4, -0.2) is 26.6 Å². The molecule has 3 heterocycles. The Morgan fingerprint density at radius 3 is 2.39 bits per heavy atom. The number of nitrogens with zero attached hydrogens (tertiary/aromatic N) is 4. The first kappa shape index (κ1) is 14.6. The van der Waals surface area contributed by atoms with Crippen LogP contribution in [0.5, 0.6) is 0 Å². The first-order valence-corrected chi connectivity index (χ1v) is 8.78. The van der Waals surface area contributed by atoms with Crippen molar-refractivity contribution in [1.82, 2.24) is 14.8 Å². The average Bonchev–Trinajstić information content (AvgIpc) is 3.21. The molecule has 2 unspecified atom stereocenters. The molecule has 2 aliphatic rings. The lowest BCUT2D eigenvalue weighted by atomic mass is 9.81. The van der Waals surface area contributed by atoms with E-state index in [0.717, 1.165) is 42.6 Å².